The molecule has 0 saturated carbocycles. The summed E-state index contributed by atoms with van der Waals surface area (Å²) in [5, 5.41) is 0. The monoisotopic (exact) mass is 298 g/mol. The Morgan fingerprint density at radius 3 is 0.810 bits per heavy atom. The molecule has 0 amide bonds. The maximum atomic E-state index is 2.23. The Labute approximate surface area is 138 Å². The fraction of sp³-hybridized carbons (Fsp3) is 0.810. The van der Waals surface area contributed by atoms with E-state index in [4.69, 9.17) is 0 Å². The minimum Gasteiger partial charge on any atom is -0.0917 e. The van der Waals surface area contributed by atoms with E-state index in [2.05, 4.69) is 65.8 Å². The van der Waals surface area contributed by atoms with Crippen molar-refractivity contribution in [2.45, 2.75) is 113 Å². The summed E-state index contributed by atoms with van der Waals surface area (Å²) in [6.07, 6.45) is 20.3. The van der Waals surface area contributed by atoms with Gasteiger partial charge in [0, 0.05) is 0 Å². The van der Waals surface area contributed by atoms with E-state index < -0.39 is 0 Å². The third-order valence-corrected chi connectivity index (χ3v) is 2.61. The highest BCUT2D eigenvalue weighted by Gasteiger charge is 1.75. The average Bonchev–Trinajstić information content (AvgIpc) is 2.49. The molecule has 21 heavy (non-hydrogen) atoms. The van der Waals surface area contributed by atoms with Crippen molar-refractivity contribution in [3.05, 3.63) is 24.3 Å². The van der Waals surface area contributed by atoms with Crippen LogP contribution in [0.4, 0.5) is 0 Å². The molecule has 0 N–H and O–H groups in total. The van der Waals surface area contributed by atoms with Crippen LogP contribution >= 0.6 is 0 Å². The zero-order chi connectivity index (χ0) is 17.2. The Morgan fingerprint density at radius 2 is 0.762 bits per heavy atom. The smallest absolute Gasteiger partial charge is 0.0379 e. The van der Waals surface area contributed by atoms with Crippen molar-refractivity contribution in [2.24, 2.45) is 0 Å². The Kier molecular flexibility index (Phi) is 58.2. The predicted molar refractivity (Wildman–Crippen MR) is 105 cm³/mol. The SMILES string of the molecule is C/C=C\CC.C/C=C\CC.CCCCC.CCCCCC. The van der Waals surface area contributed by atoms with Gasteiger partial charge in [-0.15, -0.1) is 0 Å². The Morgan fingerprint density at radius 1 is 0.476 bits per heavy atom. The molecule has 0 aromatic carbocycles. The summed E-state index contributed by atoms with van der Waals surface area (Å²) in [6.45, 7) is 17.2. The van der Waals surface area contributed by atoms with Crippen LogP contribution in [0.2, 0.25) is 0 Å². The Hall–Kier alpha value is -0.520. The van der Waals surface area contributed by atoms with Gasteiger partial charge in [0.2, 0.25) is 0 Å². The lowest BCUT2D eigenvalue weighted by molar-refractivity contribution is 0.702. The van der Waals surface area contributed by atoms with Crippen molar-refractivity contribution in [2.75, 3.05) is 0 Å². The first-order valence-electron chi connectivity index (χ1n) is 9.38. The molecular weight excluding hydrogens is 252 g/mol. The van der Waals surface area contributed by atoms with Crippen LogP contribution < -0.4 is 0 Å². The van der Waals surface area contributed by atoms with Crippen LogP contribution in [0.1, 0.15) is 113 Å². The largest absolute Gasteiger partial charge is 0.0917 e. The number of rotatable bonds is 7. The van der Waals surface area contributed by atoms with Crippen LogP contribution in [-0.2, 0) is 0 Å². The van der Waals surface area contributed by atoms with Crippen molar-refractivity contribution in [3.8, 4) is 0 Å². The maximum absolute atomic E-state index is 2.23. The summed E-state index contributed by atoms with van der Waals surface area (Å²) >= 11 is 0. The van der Waals surface area contributed by atoms with Crippen LogP contribution in [0.15, 0.2) is 24.3 Å². The van der Waals surface area contributed by atoms with Crippen LogP contribution in [-0.4, -0.2) is 0 Å². The highest BCUT2D eigenvalue weighted by Crippen LogP contribution is 1.95. The van der Waals surface area contributed by atoms with Crippen molar-refractivity contribution >= 4 is 0 Å². The van der Waals surface area contributed by atoms with Crippen molar-refractivity contribution in [1.29, 1.82) is 0 Å². The molecule has 0 atom stereocenters. The van der Waals surface area contributed by atoms with E-state index in [-0.39, 0.29) is 0 Å². The normalized spacial score (nSPS) is 9.33. The molecule has 0 unspecified atom stereocenters. The summed E-state index contributed by atoms with van der Waals surface area (Å²) in [4.78, 5) is 0. The van der Waals surface area contributed by atoms with Gasteiger partial charge in [0.1, 0.15) is 0 Å². The number of unbranched alkanes of at least 4 members (excludes halogenated alkanes) is 5. The van der Waals surface area contributed by atoms with Gasteiger partial charge in [0.05, 0.1) is 0 Å². The zero-order valence-corrected chi connectivity index (χ0v) is 16.7. The van der Waals surface area contributed by atoms with Crippen LogP contribution in [0.25, 0.3) is 0 Å². The highest BCUT2D eigenvalue weighted by atomic mass is 13.8. The van der Waals surface area contributed by atoms with Crippen LogP contribution in [0, 0.1) is 0 Å². The molecular formula is C21H46. The van der Waals surface area contributed by atoms with Gasteiger partial charge < -0.3 is 0 Å². The molecule has 0 saturated heterocycles. The highest BCUT2D eigenvalue weighted by molar-refractivity contribution is 4.73. The molecule has 0 rings (SSSR count). The second-order valence-corrected chi connectivity index (χ2v) is 5.02. The van der Waals surface area contributed by atoms with Gasteiger partial charge in [-0.1, -0.05) is 111 Å². The van der Waals surface area contributed by atoms with Crippen molar-refractivity contribution in [1.82, 2.24) is 0 Å². The molecule has 0 fully saturated rings. The van der Waals surface area contributed by atoms with Gasteiger partial charge in [-0.25, -0.2) is 0 Å². The van der Waals surface area contributed by atoms with Gasteiger partial charge >= 0.3 is 0 Å². The minimum atomic E-state index is 1.16. The molecule has 0 aliphatic heterocycles. The fourth-order valence-electron chi connectivity index (χ4n) is 1.32. The molecule has 0 aromatic rings. The summed E-state index contributed by atoms with van der Waals surface area (Å²) in [5.41, 5.74) is 0. The number of hydrogen-bond acceptors (Lipinski definition) is 0. The second kappa shape index (κ2) is 42.7. The minimum absolute atomic E-state index is 1.16. The van der Waals surface area contributed by atoms with Crippen molar-refractivity contribution < 1.29 is 0 Å². The van der Waals surface area contributed by atoms with Crippen LogP contribution in [0.3, 0.4) is 0 Å². The lowest BCUT2D eigenvalue weighted by Gasteiger charge is -1.86. The first-order chi connectivity index (χ1) is 10.2. The molecule has 0 aliphatic rings. The molecule has 0 heteroatoms. The summed E-state index contributed by atoms with van der Waals surface area (Å²) < 4.78 is 0. The fourth-order valence-corrected chi connectivity index (χ4v) is 1.32. The molecule has 0 aromatic heterocycles. The van der Waals surface area contributed by atoms with E-state index in [0.717, 1.165) is 12.8 Å². The van der Waals surface area contributed by atoms with Gasteiger partial charge in [0.15, 0.2) is 0 Å². The van der Waals surface area contributed by atoms with Gasteiger partial charge in [-0.05, 0) is 26.7 Å². The first-order valence-corrected chi connectivity index (χ1v) is 9.38. The lowest BCUT2D eigenvalue weighted by Crippen LogP contribution is -1.66. The molecule has 0 bridgehead atoms. The van der Waals surface area contributed by atoms with E-state index in [9.17, 15) is 0 Å². The van der Waals surface area contributed by atoms with E-state index in [1.165, 1.54) is 44.9 Å². The third kappa shape index (κ3) is 82.8. The van der Waals surface area contributed by atoms with Crippen molar-refractivity contribution in [3.63, 3.8) is 0 Å². The Bertz CT molecular complexity index is 135. The first kappa shape index (κ1) is 28.6. The second-order valence-electron chi connectivity index (χ2n) is 5.02. The Balaban J connectivity index is -0.0000000921. The van der Waals surface area contributed by atoms with E-state index in [0.29, 0.717) is 0 Å². The average molecular weight is 299 g/mol. The zero-order valence-electron chi connectivity index (χ0n) is 16.7. The van der Waals surface area contributed by atoms with Gasteiger partial charge in [-0.3, -0.25) is 0 Å². The molecule has 0 aliphatic carbocycles. The number of allylic oxidation sites excluding steroid dienone is 4. The molecule has 0 heterocycles. The van der Waals surface area contributed by atoms with E-state index in [1.807, 2.05) is 13.8 Å². The summed E-state index contributed by atoms with van der Waals surface area (Å²) in [5.74, 6) is 0. The molecule has 0 radical (unpaired) electrons. The van der Waals surface area contributed by atoms with Gasteiger partial charge in [0.25, 0.3) is 0 Å². The topological polar surface area (TPSA) is 0 Å². The summed E-state index contributed by atoms with van der Waals surface area (Å²) in [7, 11) is 0. The third-order valence-electron chi connectivity index (χ3n) is 2.61. The molecule has 0 nitrogen and oxygen atoms in total. The quantitative estimate of drug-likeness (QED) is 0.325. The van der Waals surface area contributed by atoms with Gasteiger partial charge in [-0.2, -0.15) is 0 Å². The number of hydrogen-bond donors (Lipinski definition) is 0. The molecule has 130 valence electrons. The predicted octanol–water partition coefficient (Wildman–Crippen LogP) is 8.73. The summed E-state index contributed by atoms with van der Waals surface area (Å²) in [6, 6.07) is 0. The van der Waals surface area contributed by atoms with Crippen LogP contribution in [0.5, 0.6) is 0 Å². The lowest BCUT2D eigenvalue weighted by atomic mass is 10.2. The van der Waals surface area contributed by atoms with E-state index >= 15 is 0 Å². The molecule has 0 spiro atoms. The van der Waals surface area contributed by atoms with E-state index in [1.54, 1.807) is 0 Å². The standard InChI is InChI=1S/C6H14.C5H12.2C5H10/c1-3-5-6-4-2;3*1-3-5-4-2/h3-6H2,1-2H3;3-5H2,1-2H3;2*3,5H,4H2,1-2H3/b;;2*5-3-. The maximum Gasteiger partial charge on any atom is -0.0379 e.